The average molecular weight is 233 g/mol. The van der Waals surface area contributed by atoms with E-state index in [2.05, 4.69) is 4.98 Å². The lowest BCUT2D eigenvalue weighted by Gasteiger charge is -2.14. The molecule has 2 aromatic rings. The normalized spacial score (nSPS) is 10.8. The van der Waals surface area contributed by atoms with Crippen LogP contribution in [0.3, 0.4) is 0 Å². The van der Waals surface area contributed by atoms with Crippen molar-refractivity contribution in [2.75, 3.05) is 19.0 Å². The van der Waals surface area contributed by atoms with Gasteiger partial charge < -0.3 is 10.0 Å². The summed E-state index contributed by atoms with van der Waals surface area (Å²) in [5, 5.41) is 9.20. The highest BCUT2D eigenvalue weighted by Crippen LogP contribution is 2.21. The molecule has 17 heavy (non-hydrogen) atoms. The molecule has 0 unspecified atom stereocenters. The average Bonchev–Trinajstić information content (AvgIpc) is 2.54. The zero-order valence-corrected chi connectivity index (χ0v) is 10.4. The predicted molar refractivity (Wildman–Crippen MR) is 66.0 cm³/mol. The van der Waals surface area contributed by atoms with Crippen LogP contribution in [0.2, 0.25) is 0 Å². The van der Waals surface area contributed by atoms with Gasteiger partial charge in [-0.25, -0.2) is 9.78 Å². The van der Waals surface area contributed by atoms with Crippen LogP contribution in [0.5, 0.6) is 0 Å². The Morgan fingerprint density at radius 1 is 1.41 bits per heavy atom. The molecule has 0 aliphatic carbocycles. The topological polar surface area (TPSA) is 57.8 Å². The Balaban J connectivity index is 2.84. The van der Waals surface area contributed by atoms with Crippen molar-refractivity contribution in [3.05, 3.63) is 29.2 Å². The SMILES string of the molecule is Cc1nc2c(C)cc(N(C)C)cn2c1C(=O)O. The van der Waals surface area contributed by atoms with Crippen LogP contribution in [0, 0.1) is 13.8 Å². The van der Waals surface area contributed by atoms with Gasteiger partial charge in [-0.2, -0.15) is 0 Å². The number of hydrogen-bond acceptors (Lipinski definition) is 3. The van der Waals surface area contributed by atoms with E-state index in [-0.39, 0.29) is 5.69 Å². The number of pyridine rings is 1. The molecule has 5 heteroatoms. The van der Waals surface area contributed by atoms with Crippen molar-refractivity contribution in [3.8, 4) is 0 Å². The van der Waals surface area contributed by atoms with Gasteiger partial charge in [0.25, 0.3) is 0 Å². The minimum atomic E-state index is -0.953. The van der Waals surface area contributed by atoms with E-state index >= 15 is 0 Å². The third-order valence-corrected chi connectivity index (χ3v) is 2.78. The molecular weight excluding hydrogens is 218 g/mol. The number of hydrogen-bond donors (Lipinski definition) is 1. The number of aromatic nitrogens is 2. The molecule has 0 radical (unpaired) electrons. The minimum absolute atomic E-state index is 0.229. The Labute approximate surface area is 99.3 Å². The molecule has 0 aliphatic rings. The van der Waals surface area contributed by atoms with Crippen LogP contribution in [0.1, 0.15) is 21.7 Å². The highest BCUT2D eigenvalue weighted by atomic mass is 16.4. The summed E-state index contributed by atoms with van der Waals surface area (Å²) in [4.78, 5) is 17.5. The summed E-state index contributed by atoms with van der Waals surface area (Å²) < 4.78 is 1.64. The first-order valence-electron chi connectivity index (χ1n) is 5.31. The third kappa shape index (κ3) is 1.73. The number of aromatic carboxylic acids is 1. The third-order valence-electron chi connectivity index (χ3n) is 2.78. The molecule has 0 amide bonds. The number of nitrogens with zero attached hydrogens (tertiary/aromatic N) is 3. The lowest BCUT2D eigenvalue weighted by atomic mass is 10.2. The zero-order chi connectivity index (χ0) is 12.7. The number of anilines is 1. The second-order valence-corrected chi connectivity index (χ2v) is 4.32. The summed E-state index contributed by atoms with van der Waals surface area (Å²) in [7, 11) is 3.84. The summed E-state index contributed by atoms with van der Waals surface area (Å²) in [5.41, 5.74) is 3.38. The molecule has 0 spiro atoms. The van der Waals surface area contributed by atoms with E-state index in [0.717, 1.165) is 11.3 Å². The molecule has 0 saturated heterocycles. The molecule has 1 N–H and O–H groups in total. The fraction of sp³-hybridized carbons (Fsp3) is 0.333. The molecule has 5 nitrogen and oxygen atoms in total. The first-order valence-corrected chi connectivity index (χ1v) is 5.31. The second kappa shape index (κ2) is 3.76. The fourth-order valence-corrected chi connectivity index (χ4v) is 1.91. The summed E-state index contributed by atoms with van der Waals surface area (Å²) in [6, 6.07) is 1.99. The lowest BCUT2D eigenvalue weighted by molar-refractivity contribution is 0.0688. The van der Waals surface area contributed by atoms with Gasteiger partial charge in [-0.3, -0.25) is 4.40 Å². The number of fused-ring (bicyclic) bond motifs is 1. The first-order chi connectivity index (χ1) is 7.91. The van der Waals surface area contributed by atoms with Gasteiger partial charge in [0.2, 0.25) is 0 Å². The maximum absolute atomic E-state index is 11.2. The van der Waals surface area contributed by atoms with Crippen LogP contribution in [-0.4, -0.2) is 34.6 Å². The van der Waals surface area contributed by atoms with E-state index in [1.54, 1.807) is 17.5 Å². The molecule has 2 rings (SSSR count). The molecule has 90 valence electrons. The van der Waals surface area contributed by atoms with E-state index in [0.29, 0.717) is 11.3 Å². The lowest BCUT2D eigenvalue weighted by Crippen LogP contribution is -2.11. The summed E-state index contributed by atoms with van der Waals surface area (Å²) in [6.45, 7) is 3.64. The smallest absolute Gasteiger partial charge is 0.354 e. The number of carbonyl (C=O) groups is 1. The van der Waals surface area contributed by atoms with Gasteiger partial charge in [0.15, 0.2) is 5.69 Å². The van der Waals surface area contributed by atoms with Gasteiger partial charge in [-0.15, -0.1) is 0 Å². The van der Waals surface area contributed by atoms with Crippen molar-refractivity contribution in [1.29, 1.82) is 0 Å². The van der Waals surface area contributed by atoms with E-state index < -0.39 is 5.97 Å². The number of imidazole rings is 1. The van der Waals surface area contributed by atoms with Gasteiger partial charge in [-0.1, -0.05) is 0 Å². The van der Waals surface area contributed by atoms with Crippen LogP contribution in [0.15, 0.2) is 12.3 Å². The molecule has 0 aliphatic heterocycles. The standard InChI is InChI=1S/C12H15N3O2/c1-7-5-9(14(3)4)6-15-10(12(16)17)8(2)13-11(7)15/h5-6H,1-4H3,(H,16,17). The highest BCUT2D eigenvalue weighted by Gasteiger charge is 2.17. The van der Waals surface area contributed by atoms with Crippen molar-refractivity contribution in [2.24, 2.45) is 0 Å². The van der Waals surface area contributed by atoms with Crippen LogP contribution >= 0.6 is 0 Å². The van der Waals surface area contributed by atoms with Gasteiger partial charge in [0, 0.05) is 20.3 Å². The van der Waals surface area contributed by atoms with Crippen molar-refractivity contribution in [1.82, 2.24) is 9.38 Å². The van der Waals surface area contributed by atoms with Crippen LogP contribution in [0.25, 0.3) is 5.65 Å². The first kappa shape index (κ1) is 11.4. The molecule has 0 fully saturated rings. The molecule has 0 bridgehead atoms. The molecule has 2 heterocycles. The summed E-state index contributed by atoms with van der Waals surface area (Å²) in [6.07, 6.45) is 1.80. The molecule has 0 aromatic carbocycles. The van der Waals surface area contributed by atoms with E-state index in [4.69, 9.17) is 0 Å². The van der Waals surface area contributed by atoms with Gasteiger partial charge in [-0.05, 0) is 25.5 Å². The number of carboxylic acid groups (broad SMARTS) is 1. The molecular formula is C12H15N3O2. The Hall–Kier alpha value is -2.04. The van der Waals surface area contributed by atoms with Gasteiger partial charge in [0.1, 0.15) is 5.65 Å². The predicted octanol–water partition coefficient (Wildman–Crippen LogP) is 1.72. The Bertz CT molecular complexity index is 599. The van der Waals surface area contributed by atoms with Crippen LogP contribution in [-0.2, 0) is 0 Å². The Morgan fingerprint density at radius 2 is 2.06 bits per heavy atom. The molecule has 0 atom stereocenters. The number of rotatable bonds is 2. The Kier molecular flexibility index (Phi) is 2.53. The quantitative estimate of drug-likeness (QED) is 0.858. The van der Waals surface area contributed by atoms with Gasteiger partial charge in [0.05, 0.1) is 11.4 Å². The minimum Gasteiger partial charge on any atom is -0.477 e. The fourth-order valence-electron chi connectivity index (χ4n) is 1.91. The zero-order valence-electron chi connectivity index (χ0n) is 10.4. The second-order valence-electron chi connectivity index (χ2n) is 4.32. The van der Waals surface area contributed by atoms with Crippen molar-refractivity contribution < 1.29 is 9.90 Å². The Morgan fingerprint density at radius 3 is 2.59 bits per heavy atom. The summed E-state index contributed by atoms with van der Waals surface area (Å²) in [5.74, 6) is -0.953. The summed E-state index contributed by atoms with van der Waals surface area (Å²) >= 11 is 0. The number of aryl methyl sites for hydroxylation is 2. The highest BCUT2D eigenvalue weighted by molar-refractivity contribution is 5.88. The molecule has 2 aromatic heterocycles. The van der Waals surface area contributed by atoms with E-state index in [9.17, 15) is 9.90 Å². The maximum atomic E-state index is 11.2. The van der Waals surface area contributed by atoms with Crippen LogP contribution in [0.4, 0.5) is 5.69 Å². The van der Waals surface area contributed by atoms with Crippen molar-refractivity contribution in [2.45, 2.75) is 13.8 Å². The largest absolute Gasteiger partial charge is 0.477 e. The van der Waals surface area contributed by atoms with Crippen LogP contribution < -0.4 is 4.90 Å². The van der Waals surface area contributed by atoms with E-state index in [1.807, 2.05) is 32.0 Å². The molecule has 0 saturated carbocycles. The monoisotopic (exact) mass is 233 g/mol. The van der Waals surface area contributed by atoms with Crippen molar-refractivity contribution >= 4 is 17.3 Å². The van der Waals surface area contributed by atoms with Crippen molar-refractivity contribution in [3.63, 3.8) is 0 Å². The number of carboxylic acids is 1. The van der Waals surface area contributed by atoms with Gasteiger partial charge >= 0.3 is 5.97 Å². The maximum Gasteiger partial charge on any atom is 0.354 e. The van der Waals surface area contributed by atoms with E-state index in [1.165, 1.54) is 0 Å².